The van der Waals surface area contributed by atoms with Crippen molar-refractivity contribution in [2.45, 2.75) is 44.4 Å². The lowest BCUT2D eigenvalue weighted by atomic mass is 9.59. The molecule has 1 saturated carbocycles. The molecule has 0 heterocycles. The zero-order chi connectivity index (χ0) is 28.4. The van der Waals surface area contributed by atoms with Crippen molar-refractivity contribution in [1.29, 1.82) is 0 Å². The Hall–Kier alpha value is -3.77. The molecule has 1 fully saturated rings. The van der Waals surface area contributed by atoms with E-state index in [0.29, 0.717) is 0 Å². The number of carbonyl (C=O) groups excluding carboxylic acids is 4. The summed E-state index contributed by atoms with van der Waals surface area (Å²) < 4.78 is 15.8. The molecule has 3 unspecified atom stereocenters. The molecule has 38 heavy (non-hydrogen) atoms. The largest absolute Gasteiger partial charge is 0.508 e. The van der Waals surface area contributed by atoms with E-state index in [0.717, 1.165) is 6.07 Å². The molecular weight excluding hydrogens is 501 g/mol. The fourth-order valence-corrected chi connectivity index (χ4v) is 5.81. The molecule has 4 atom stereocenters. The molecule has 0 aromatic heterocycles. The number of hydrogen-bond donors (Lipinski definition) is 5. The second kappa shape index (κ2) is 9.21. The van der Waals surface area contributed by atoms with Crippen LogP contribution in [-0.2, 0) is 32.1 Å². The van der Waals surface area contributed by atoms with Gasteiger partial charge >= 0.3 is 0 Å². The third kappa shape index (κ3) is 3.86. The molecule has 3 aliphatic rings. The molecule has 2 amide bonds. The molecule has 0 bridgehead atoms. The summed E-state index contributed by atoms with van der Waals surface area (Å²) in [4.78, 5) is 52.9. The topological polar surface area (TPSA) is 182 Å². The molecule has 12 heteroatoms. The van der Waals surface area contributed by atoms with Gasteiger partial charge in [-0.15, -0.1) is 0 Å². The Morgan fingerprint density at radius 2 is 1.82 bits per heavy atom. The number of likely N-dealkylation sites (N-methyl/N-ethyl adjacent to an activating group) is 2. The lowest BCUT2D eigenvalue weighted by Crippen LogP contribution is -2.58. The molecule has 1 aromatic rings. The summed E-state index contributed by atoms with van der Waals surface area (Å²) in [5, 5.41) is 43.6. The summed E-state index contributed by atoms with van der Waals surface area (Å²) >= 11 is 0. The van der Waals surface area contributed by atoms with Crippen molar-refractivity contribution in [2.75, 3.05) is 21.1 Å². The first kappa shape index (κ1) is 27.3. The van der Waals surface area contributed by atoms with Gasteiger partial charge in [0.1, 0.15) is 28.7 Å². The lowest BCUT2D eigenvalue weighted by Gasteiger charge is -2.46. The highest BCUT2D eigenvalue weighted by molar-refractivity contribution is 6.22. The van der Waals surface area contributed by atoms with E-state index in [1.165, 1.54) is 4.90 Å². The maximum absolute atomic E-state index is 15.8. The molecule has 0 radical (unpaired) electrons. The molecular formula is C26H30FN3O8. The SMILES string of the molecule is C[C@H](C(=O)N(C)C)N(C)Cc1cc(O)c2c(c1F)CC1CC3CC(=O)C(C(N)=O)=C(O)C3(O)C(=O)C1=C2O. The number of nitrogens with zero attached hydrogens (tertiary/aromatic N) is 2. The number of fused-ring (bicyclic) bond motifs is 3. The Morgan fingerprint density at radius 1 is 1.18 bits per heavy atom. The van der Waals surface area contributed by atoms with Crippen LogP contribution in [0.1, 0.15) is 36.5 Å². The van der Waals surface area contributed by atoms with Gasteiger partial charge in [0.05, 0.1) is 11.6 Å². The van der Waals surface area contributed by atoms with Gasteiger partial charge in [0, 0.05) is 49.7 Å². The number of phenolic OH excluding ortho intramolecular Hbond substituents is 1. The Kier molecular flexibility index (Phi) is 6.61. The maximum atomic E-state index is 15.8. The van der Waals surface area contributed by atoms with E-state index in [1.54, 1.807) is 33.0 Å². The van der Waals surface area contributed by atoms with Gasteiger partial charge in [-0.05, 0) is 38.8 Å². The first-order valence-electron chi connectivity index (χ1n) is 12.0. The monoisotopic (exact) mass is 531 g/mol. The third-order valence-corrected chi connectivity index (χ3v) is 7.95. The Balaban J connectivity index is 1.78. The zero-order valence-electron chi connectivity index (χ0n) is 21.4. The number of aliphatic hydroxyl groups excluding tert-OH is 2. The van der Waals surface area contributed by atoms with Crippen LogP contribution in [0.25, 0.3) is 5.76 Å². The number of benzene rings is 1. The fraction of sp³-hybridized carbons (Fsp3) is 0.462. The van der Waals surface area contributed by atoms with Crippen LogP contribution in [0.3, 0.4) is 0 Å². The number of amides is 2. The minimum Gasteiger partial charge on any atom is -0.508 e. The van der Waals surface area contributed by atoms with Crippen LogP contribution in [0.5, 0.6) is 5.75 Å². The van der Waals surface area contributed by atoms with Crippen molar-refractivity contribution in [3.63, 3.8) is 0 Å². The van der Waals surface area contributed by atoms with Crippen molar-refractivity contribution < 1.29 is 44.0 Å². The van der Waals surface area contributed by atoms with Gasteiger partial charge in [-0.3, -0.25) is 24.1 Å². The molecule has 1 aromatic carbocycles. The van der Waals surface area contributed by atoms with Crippen LogP contribution in [0, 0.1) is 17.7 Å². The van der Waals surface area contributed by atoms with Gasteiger partial charge < -0.3 is 31.1 Å². The molecule has 4 rings (SSSR count). The summed E-state index contributed by atoms with van der Waals surface area (Å²) in [6.07, 6.45) is -0.697. The molecule has 0 spiro atoms. The van der Waals surface area contributed by atoms with Gasteiger partial charge in [-0.25, -0.2) is 4.39 Å². The van der Waals surface area contributed by atoms with Crippen LogP contribution in [0.2, 0.25) is 0 Å². The minimum atomic E-state index is -2.68. The lowest BCUT2D eigenvalue weighted by molar-refractivity contribution is -0.147. The minimum absolute atomic E-state index is 0.0419. The maximum Gasteiger partial charge on any atom is 0.255 e. The van der Waals surface area contributed by atoms with Crippen molar-refractivity contribution in [1.82, 2.24) is 9.80 Å². The molecule has 0 aliphatic heterocycles. The quantitative estimate of drug-likeness (QED) is 0.337. The van der Waals surface area contributed by atoms with Crippen molar-refractivity contribution in [3.8, 4) is 5.75 Å². The molecule has 6 N–H and O–H groups in total. The van der Waals surface area contributed by atoms with E-state index in [1.807, 2.05) is 0 Å². The highest BCUT2D eigenvalue weighted by Crippen LogP contribution is 2.52. The summed E-state index contributed by atoms with van der Waals surface area (Å²) in [6.45, 7) is 1.62. The Bertz CT molecular complexity index is 1350. The van der Waals surface area contributed by atoms with Crippen LogP contribution in [0.4, 0.5) is 4.39 Å². The summed E-state index contributed by atoms with van der Waals surface area (Å²) in [7, 11) is 4.82. The number of rotatable bonds is 5. The Morgan fingerprint density at radius 3 is 2.39 bits per heavy atom. The summed E-state index contributed by atoms with van der Waals surface area (Å²) in [5.41, 5.74) is 0.965. The smallest absolute Gasteiger partial charge is 0.255 e. The van der Waals surface area contributed by atoms with Gasteiger partial charge in [0.15, 0.2) is 11.4 Å². The molecule has 3 aliphatic carbocycles. The number of Topliss-reactive ketones (excluding diaryl/α,β-unsaturated/α-hetero) is 2. The van der Waals surface area contributed by atoms with Gasteiger partial charge in [0.25, 0.3) is 5.91 Å². The number of carbonyl (C=O) groups is 4. The number of halogens is 1. The van der Waals surface area contributed by atoms with Crippen molar-refractivity contribution >= 4 is 29.1 Å². The molecule has 0 saturated heterocycles. The number of nitrogens with two attached hydrogens (primary N) is 1. The number of phenols is 1. The first-order valence-corrected chi connectivity index (χ1v) is 12.0. The van der Waals surface area contributed by atoms with Crippen LogP contribution < -0.4 is 5.73 Å². The van der Waals surface area contributed by atoms with E-state index in [-0.39, 0.29) is 47.6 Å². The summed E-state index contributed by atoms with van der Waals surface area (Å²) in [5.74, 6) is -8.64. The highest BCUT2D eigenvalue weighted by Gasteiger charge is 2.60. The standard InChI is InChI=1S/C26H30FN3O8/c1-10(25(37)29(2)3)30(4)9-12-7-15(31)18-14(20(12)27)6-11-5-13-8-16(32)19(24(28)36)23(35)26(13,38)22(34)17(11)21(18)33/h7,10-11,13,31,33,35,38H,5-6,8-9H2,1-4H3,(H2,28,36)/t10-,11?,13?,26?/m1/s1. The van der Waals surface area contributed by atoms with Crippen LogP contribution in [-0.4, -0.2) is 86.4 Å². The average Bonchev–Trinajstić information content (AvgIpc) is 2.82. The molecule has 204 valence electrons. The van der Waals surface area contributed by atoms with Crippen molar-refractivity contribution in [3.05, 3.63) is 45.5 Å². The predicted molar refractivity (Wildman–Crippen MR) is 131 cm³/mol. The Labute approximate surface area is 217 Å². The van der Waals surface area contributed by atoms with Crippen LogP contribution in [0.15, 0.2) is 23.0 Å². The number of ketones is 2. The number of aromatic hydroxyl groups is 1. The normalized spacial score (nSPS) is 25.7. The van der Waals surface area contributed by atoms with E-state index in [4.69, 9.17) is 5.73 Å². The fourth-order valence-electron chi connectivity index (χ4n) is 5.81. The van der Waals surface area contributed by atoms with E-state index >= 15 is 4.39 Å². The number of aliphatic hydroxyl groups is 3. The second-order valence-electron chi connectivity index (χ2n) is 10.5. The van der Waals surface area contributed by atoms with E-state index < -0.39 is 76.0 Å². The van der Waals surface area contributed by atoms with Gasteiger partial charge in [0.2, 0.25) is 11.7 Å². The van der Waals surface area contributed by atoms with Gasteiger partial charge in [-0.2, -0.15) is 0 Å². The summed E-state index contributed by atoms with van der Waals surface area (Å²) in [6, 6.07) is 0.507. The molecule has 11 nitrogen and oxygen atoms in total. The van der Waals surface area contributed by atoms with Crippen LogP contribution >= 0.6 is 0 Å². The van der Waals surface area contributed by atoms with E-state index in [9.17, 15) is 39.6 Å². The van der Waals surface area contributed by atoms with Gasteiger partial charge in [-0.1, -0.05) is 0 Å². The highest BCUT2D eigenvalue weighted by atomic mass is 19.1. The zero-order valence-corrected chi connectivity index (χ0v) is 21.4. The first-order chi connectivity index (χ1) is 17.6. The number of primary amides is 1. The third-order valence-electron chi connectivity index (χ3n) is 7.95. The van der Waals surface area contributed by atoms with E-state index in [2.05, 4.69) is 0 Å². The predicted octanol–water partition coefficient (Wildman–Crippen LogP) is 0.472. The number of hydrogen-bond acceptors (Lipinski definition) is 9. The van der Waals surface area contributed by atoms with Crippen molar-refractivity contribution in [2.24, 2.45) is 17.6 Å². The average molecular weight is 532 g/mol. The second-order valence-corrected chi connectivity index (χ2v) is 10.5.